The average Bonchev–Trinajstić information content (AvgIpc) is 3.23. The van der Waals surface area contributed by atoms with E-state index in [0.29, 0.717) is 11.3 Å². The number of amides is 1. The minimum absolute atomic E-state index is 0.00439. The zero-order chi connectivity index (χ0) is 26.7. The molecule has 1 N–H and O–H groups in total. The van der Waals surface area contributed by atoms with Gasteiger partial charge in [-0.3, -0.25) is 9.59 Å². The summed E-state index contributed by atoms with van der Waals surface area (Å²) in [5.41, 5.74) is 1.38. The molecule has 1 aliphatic heterocycles. The molecule has 5 rings (SSSR count). The monoisotopic (exact) mass is 525 g/mol. The highest BCUT2D eigenvalue weighted by Gasteiger charge is 2.43. The van der Waals surface area contributed by atoms with E-state index in [1.807, 2.05) is 30.3 Å². The van der Waals surface area contributed by atoms with Crippen molar-refractivity contribution in [3.05, 3.63) is 65.7 Å². The third-order valence-electron chi connectivity index (χ3n) is 7.00. The van der Waals surface area contributed by atoms with E-state index in [0.717, 1.165) is 42.0 Å². The van der Waals surface area contributed by atoms with Gasteiger partial charge in [0, 0.05) is 12.0 Å². The lowest BCUT2D eigenvalue weighted by molar-refractivity contribution is -0.286. The predicted octanol–water partition coefficient (Wildman–Crippen LogP) is 5.68. The van der Waals surface area contributed by atoms with E-state index < -0.39 is 18.2 Å². The van der Waals surface area contributed by atoms with Gasteiger partial charge in [0.1, 0.15) is 5.75 Å². The Balaban J connectivity index is 1.36. The average molecular weight is 526 g/mol. The van der Waals surface area contributed by atoms with Gasteiger partial charge in [-0.1, -0.05) is 49.6 Å². The number of alkyl halides is 2. The summed E-state index contributed by atoms with van der Waals surface area (Å²) in [4.78, 5) is 24.6. The second-order valence-corrected chi connectivity index (χ2v) is 9.67. The molecule has 1 saturated carbocycles. The maximum atomic E-state index is 13.5. The lowest BCUT2D eigenvalue weighted by atomic mass is 9.87. The number of hydrogen-bond donors (Lipinski definition) is 1. The van der Waals surface area contributed by atoms with Crippen molar-refractivity contribution >= 4 is 22.6 Å². The predicted molar refractivity (Wildman–Crippen MR) is 136 cm³/mol. The summed E-state index contributed by atoms with van der Waals surface area (Å²) >= 11 is 0. The first kappa shape index (κ1) is 25.8. The van der Waals surface area contributed by atoms with E-state index in [4.69, 9.17) is 9.47 Å². The zero-order valence-electron chi connectivity index (χ0n) is 21.0. The molecule has 0 spiro atoms. The molecule has 1 aliphatic carbocycles. The van der Waals surface area contributed by atoms with E-state index in [-0.39, 0.29) is 36.5 Å². The summed E-state index contributed by atoms with van der Waals surface area (Å²) in [7, 11) is 1.30. The van der Waals surface area contributed by atoms with E-state index in [2.05, 4.69) is 14.8 Å². The van der Waals surface area contributed by atoms with Crippen molar-refractivity contribution in [3.63, 3.8) is 0 Å². The van der Waals surface area contributed by atoms with Crippen LogP contribution in [0.3, 0.4) is 0 Å². The van der Waals surface area contributed by atoms with Crippen molar-refractivity contribution < 1.29 is 37.3 Å². The molecular formula is C29H29F2NO6. The van der Waals surface area contributed by atoms with Gasteiger partial charge in [-0.2, -0.15) is 0 Å². The van der Waals surface area contributed by atoms with Gasteiger partial charge in [-0.05, 0) is 59.0 Å². The number of carbonyl (C=O) groups is 2. The summed E-state index contributed by atoms with van der Waals surface area (Å²) in [5, 5.41) is 4.82. The van der Waals surface area contributed by atoms with E-state index in [1.165, 1.54) is 25.7 Å². The van der Waals surface area contributed by atoms with Crippen molar-refractivity contribution in [1.82, 2.24) is 5.32 Å². The molecule has 1 heterocycles. The molecule has 7 nitrogen and oxygen atoms in total. The molecule has 9 heteroatoms. The van der Waals surface area contributed by atoms with Crippen LogP contribution in [-0.4, -0.2) is 37.9 Å². The van der Waals surface area contributed by atoms with Crippen molar-refractivity contribution in [2.75, 3.05) is 13.7 Å². The van der Waals surface area contributed by atoms with E-state index >= 15 is 0 Å². The van der Waals surface area contributed by atoms with Crippen LogP contribution < -0.4 is 19.5 Å². The molecule has 1 amide bonds. The highest BCUT2D eigenvalue weighted by Crippen LogP contribution is 2.43. The molecule has 3 aromatic rings. The lowest BCUT2D eigenvalue weighted by Crippen LogP contribution is -2.38. The van der Waals surface area contributed by atoms with Crippen molar-refractivity contribution in [2.45, 2.75) is 56.8 Å². The molecule has 0 saturated heterocycles. The van der Waals surface area contributed by atoms with Crippen LogP contribution in [-0.2, 0) is 14.3 Å². The largest absolute Gasteiger partial charge is 0.586 e. The molecule has 200 valence electrons. The van der Waals surface area contributed by atoms with Gasteiger partial charge in [0.2, 0.25) is 0 Å². The number of ether oxygens (including phenoxy) is 4. The third kappa shape index (κ3) is 5.98. The first-order chi connectivity index (χ1) is 18.3. The van der Waals surface area contributed by atoms with Crippen LogP contribution in [0.15, 0.2) is 54.6 Å². The topological polar surface area (TPSA) is 83.1 Å². The molecule has 2 aliphatic rings. The Labute approximate surface area is 219 Å². The number of carbonyl (C=O) groups excluding carboxylic acids is 2. The number of halogens is 2. The maximum Gasteiger partial charge on any atom is 0.586 e. The van der Waals surface area contributed by atoms with Crippen molar-refractivity contribution in [3.8, 4) is 17.2 Å². The van der Waals surface area contributed by atoms with Crippen molar-refractivity contribution in [2.24, 2.45) is 0 Å². The zero-order valence-corrected chi connectivity index (χ0v) is 21.0. The highest BCUT2D eigenvalue weighted by molar-refractivity contribution is 5.85. The van der Waals surface area contributed by atoms with Gasteiger partial charge < -0.3 is 24.3 Å². The van der Waals surface area contributed by atoms with Crippen molar-refractivity contribution in [1.29, 1.82) is 0 Å². The second kappa shape index (κ2) is 10.8. The Hall–Kier alpha value is -3.88. The SMILES string of the molecule is COC(=O)CC(c1ccc2c(c1)OC(F)(F)O2)c1ccc2ccc(OCC(=O)NC3CCCCC3)cc2c1. The molecule has 0 radical (unpaired) electrons. The summed E-state index contributed by atoms with van der Waals surface area (Å²) in [6.45, 7) is -0.0749. The van der Waals surface area contributed by atoms with Gasteiger partial charge in [0.25, 0.3) is 5.91 Å². The molecule has 1 unspecified atom stereocenters. The Kier molecular flexibility index (Phi) is 7.35. The molecule has 38 heavy (non-hydrogen) atoms. The van der Waals surface area contributed by atoms with Crippen LogP contribution in [0, 0.1) is 0 Å². The van der Waals surface area contributed by atoms with Crippen LogP contribution in [0.25, 0.3) is 10.8 Å². The van der Waals surface area contributed by atoms with Gasteiger partial charge in [0.05, 0.1) is 13.5 Å². The van der Waals surface area contributed by atoms with Gasteiger partial charge in [-0.15, -0.1) is 8.78 Å². The number of rotatable bonds is 8. The Morgan fingerprint density at radius 1 is 0.947 bits per heavy atom. The van der Waals surface area contributed by atoms with E-state index in [9.17, 15) is 18.4 Å². The lowest BCUT2D eigenvalue weighted by Gasteiger charge is -2.22. The fourth-order valence-electron chi connectivity index (χ4n) is 5.08. The van der Waals surface area contributed by atoms with Crippen LogP contribution >= 0.6 is 0 Å². The fourth-order valence-corrected chi connectivity index (χ4v) is 5.08. The first-order valence-corrected chi connectivity index (χ1v) is 12.7. The number of esters is 1. The van der Waals surface area contributed by atoms with E-state index in [1.54, 1.807) is 12.1 Å². The van der Waals surface area contributed by atoms with Crippen LogP contribution in [0.2, 0.25) is 0 Å². The fraction of sp³-hybridized carbons (Fsp3) is 0.379. The summed E-state index contributed by atoms with van der Waals surface area (Å²) in [6.07, 6.45) is 1.75. The molecule has 1 fully saturated rings. The number of fused-ring (bicyclic) bond motifs is 2. The molecule has 1 atom stereocenters. The quantitative estimate of drug-likeness (QED) is 0.381. The standard InChI is InChI=1S/C29H29F2NO6/c1-35-28(34)16-24(20-10-12-25-26(15-20)38-29(30,31)37-25)19-8-7-18-9-11-23(14-21(18)13-19)36-17-27(33)32-22-5-3-2-4-6-22/h7-15,22,24H,2-6,16-17H2,1H3,(H,32,33). The summed E-state index contributed by atoms with van der Waals surface area (Å²) in [6, 6.07) is 16.0. The maximum absolute atomic E-state index is 13.5. The van der Waals surface area contributed by atoms with Gasteiger partial charge in [-0.25, -0.2) is 0 Å². The summed E-state index contributed by atoms with van der Waals surface area (Å²) in [5.74, 6) is -0.686. The minimum Gasteiger partial charge on any atom is -0.484 e. The van der Waals surface area contributed by atoms with Crippen LogP contribution in [0.4, 0.5) is 8.78 Å². The Morgan fingerprint density at radius 3 is 2.45 bits per heavy atom. The third-order valence-corrected chi connectivity index (χ3v) is 7.00. The molecular weight excluding hydrogens is 496 g/mol. The number of benzene rings is 3. The van der Waals surface area contributed by atoms with Crippen LogP contribution in [0.5, 0.6) is 17.2 Å². The highest BCUT2D eigenvalue weighted by atomic mass is 19.3. The smallest absolute Gasteiger partial charge is 0.484 e. The number of methoxy groups -OCH3 is 1. The number of hydrogen-bond acceptors (Lipinski definition) is 6. The molecule has 3 aromatic carbocycles. The Morgan fingerprint density at radius 2 is 1.66 bits per heavy atom. The molecule has 0 bridgehead atoms. The van der Waals surface area contributed by atoms with Gasteiger partial charge >= 0.3 is 12.3 Å². The second-order valence-electron chi connectivity index (χ2n) is 9.67. The van der Waals surface area contributed by atoms with Gasteiger partial charge in [0.15, 0.2) is 18.1 Å². The van der Waals surface area contributed by atoms with Crippen LogP contribution in [0.1, 0.15) is 55.6 Å². The number of nitrogens with one attached hydrogen (secondary N) is 1. The normalized spacial score (nSPS) is 17.1. The Bertz CT molecular complexity index is 1340. The first-order valence-electron chi connectivity index (χ1n) is 12.7. The minimum atomic E-state index is -3.73. The summed E-state index contributed by atoms with van der Waals surface area (Å²) < 4.78 is 46.9. The molecule has 0 aromatic heterocycles.